The van der Waals surface area contributed by atoms with Gasteiger partial charge in [0.25, 0.3) is 0 Å². The van der Waals surface area contributed by atoms with Crippen LogP contribution in [0.2, 0.25) is 0 Å². The van der Waals surface area contributed by atoms with E-state index in [1.54, 1.807) is 0 Å². The molecule has 0 spiro atoms. The fourth-order valence-electron chi connectivity index (χ4n) is 3.08. The van der Waals surface area contributed by atoms with E-state index in [9.17, 15) is 0 Å². The molecule has 2 unspecified atom stereocenters. The molecule has 2 aliphatic rings. The number of allylic oxidation sites excluding steroid dienone is 2. The minimum atomic E-state index is 0.565. The lowest BCUT2D eigenvalue weighted by atomic mass is 9.65. The molecule has 68 valence electrons. The molecule has 1 fully saturated rings. The molecule has 2 atom stereocenters. The smallest absolute Gasteiger partial charge is 0.0226 e. The third kappa shape index (κ3) is 1.32. The molecule has 0 amide bonds. The summed E-state index contributed by atoms with van der Waals surface area (Å²) >= 11 is 0. The molecular weight excluding hydrogens is 144 g/mol. The quantitative estimate of drug-likeness (QED) is 0.519. The summed E-state index contributed by atoms with van der Waals surface area (Å²) in [5, 5.41) is 0. The van der Waals surface area contributed by atoms with Crippen molar-refractivity contribution in [1.82, 2.24) is 0 Å². The van der Waals surface area contributed by atoms with Gasteiger partial charge in [0.05, 0.1) is 0 Å². The Bertz CT molecular complexity index is 196. The molecule has 0 bridgehead atoms. The molecule has 0 aromatic rings. The second-order valence-electron chi connectivity index (χ2n) is 5.34. The van der Waals surface area contributed by atoms with Gasteiger partial charge in [-0.3, -0.25) is 0 Å². The van der Waals surface area contributed by atoms with E-state index in [0.717, 1.165) is 17.8 Å². The van der Waals surface area contributed by atoms with Crippen molar-refractivity contribution in [3.8, 4) is 0 Å². The predicted molar refractivity (Wildman–Crippen MR) is 52.9 cm³/mol. The van der Waals surface area contributed by atoms with Crippen LogP contribution in [0.4, 0.5) is 0 Å². The summed E-state index contributed by atoms with van der Waals surface area (Å²) in [4.78, 5) is 0. The summed E-state index contributed by atoms with van der Waals surface area (Å²) in [5.74, 6) is 2.84. The molecule has 0 heterocycles. The van der Waals surface area contributed by atoms with E-state index in [-0.39, 0.29) is 0 Å². The Hall–Kier alpha value is -0.260. The molecule has 0 aliphatic heterocycles. The molecule has 0 heteroatoms. The monoisotopic (exact) mass is 164 g/mol. The molecule has 0 saturated heterocycles. The maximum atomic E-state index is 2.44. The second kappa shape index (κ2) is 2.61. The van der Waals surface area contributed by atoms with E-state index in [2.05, 4.69) is 32.9 Å². The van der Waals surface area contributed by atoms with E-state index in [0.29, 0.717) is 5.41 Å². The normalized spacial score (nSPS) is 39.9. The van der Waals surface area contributed by atoms with Crippen LogP contribution in [-0.2, 0) is 0 Å². The van der Waals surface area contributed by atoms with Crippen molar-refractivity contribution in [2.45, 2.75) is 40.0 Å². The van der Waals surface area contributed by atoms with Gasteiger partial charge in [-0.2, -0.15) is 0 Å². The van der Waals surface area contributed by atoms with Crippen molar-refractivity contribution in [3.63, 3.8) is 0 Å². The van der Waals surface area contributed by atoms with Crippen LogP contribution in [0.15, 0.2) is 12.2 Å². The topological polar surface area (TPSA) is 0 Å². The lowest BCUT2D eigenvalue weighted by molar-refractivity contribution is 0.135. The highest BCUT2D eigenvalue weighted by Gasteiger charge is 2.43. The number of hydrogen-bond donors (Lipinski definition) is 0. The molecule has 2 aliphatic carbocycles. The first-order valence-electron chi connectivity index (χ1n) is 5.28. The van der Waals surface area contributed by atoms with Gasteiger partial charge in [0.15, 0.2) is 0 Å². The molecule has 12 heavy (non-hydrogen) atoms. The van der Waals surface area contributed by atoms with Crippen LogP contribution in [0.25, 0.3) is 0 Å². The van der Waals surface area contributed by atoms with Gasteiger partial charge < -0.3 is 0 Å². The van der Waals surface area contributed by atoms with Gasteiger partial charge in [0, 0.05) is 0 Å². The first-order chi connectivity index (χ1) is 5.61. The van der Waals surface area contributed by atoms with Crippen LogP contribution in [-0.4, -0.2) is 0 Å². The Labute approximate surface area is 76.1 Å². The third-order valence-electron chi connectivity index (χ3n) is 3.68. The molecule has 0 nitrogen and oxygen atoms in total. The van der Waals surface area contributed by atoms with Crippen molar-refractivity contribution in [2.24, 2.45) is 23.2 Å². The summed E-state index contributed by atoms with van der Waals surface area (Å²) in [7, 11) is 0. The van der Waals surface area contributed by atoms with Gasteiger partial charge in [0.2, 0.25) is 0 Å². The standard InChI is InChI=1S/C12H20/c1-9-5-4-8-12(2,3)11(9)10-6-7-10/h4-5,9-11H,6-8H2,1-3H3. The minimum absolute atomic E-state index is 0.565. The Morgan fingerprint density at radius 3 is 2.42 bits per heavy atom. The molecule has 0 radical (unpaired) electrons. The SMILES string of the molecule is CC1C=CCC(C)(C)C1C1CC1. The molecular formula is C12H20. The van der Waals surface area contributed by atoms with E-state index < -0.39 is 0 Å². The summed E-state index contributed by atoms with van der Waals surface area (Å²) < 4.78 is 0. The third-order valence-corrected chi connectivity index (χ3v) is 3.68. The van der Waals surface area contributed by atoms with Crippen LogP contribution in [0.1, 0.15) is 40.0 Å². The first-order valence-corrected chi connectivity index (χ1v) is 5.28. The molecule has 0 aromatic carbocycles. The lowest BCUT2D eigenvalue weighted by Gasteiger charge is -2.40. The predicted octanol–water partition coefficient (Wildman–Crippen LogP) is 3.63. The van der Waals surface area contributed by atoms with Crippen molar-refractivity contribution in [3.05, 3.63) is 12.2 Å². The van der Waals surface area contributed by atoms with Gasteiger partial charge >= 0.3 is 0 Å². The van der Waals surface area contributed by atoms with Crippen LogP contribution in [0, 0.1) is 23.2 Å². The van der Waals surface area contributed by atoms with Crippen molar-refractivity contribution in [1.29, 1.82) is 0 Å². The Balaban J connectivity index is 2.19. The molecule has 0 aromatic heterocycles. The highest BCUT2D eigenvalue weighted by atomic mass is 14.5. The maximum Gasteiger partial charge on any atom is -0.0226 e. The van der Waals surface area contributed by atoms with Gasteiger partial charge in [-0.1, -0.05) is 32.9 Å². The average molecular weight is 164 g/mol. The Kier molecular flexibility index (Phi) is 1.82. The summed E-state index contributed by atoms with van der Waals surface area (Å²) in [6.07, 6.45) is 9.08. The van der Waals surface area contributed by atoms with Gasteiger partial charge in [-0.15, -0.1) is 0 Å². The largest absolute Gasteiger partial charge is 0.0877 e. The minimum Gasteiger partial charge on any atom is -0.0877 e. The number of hydrogen-bond acceptors (Lipinski definition) is 0. The fourth-order valence-corrected chi connectivity index (χ4v) is 3.08. The van der Waals surface area contributed by atoms with Crippen molar-refractivity contribution < 1.29 is 0 Å². The van der Waals surface area contributed by atoms with Gasteiger partial charge in [-0.25, -0.2) is 0 Å². The summed E-state index contributed by atoms with van der Waals surface area (Å²) in [5.41, 5.74) is 0.565. The second-order valence-corrected chi connectivity index (χ2v) is 5.34. The zero-order chi connectivity index (χ0) is 8.77. The van der Waals surface area contributed by atoms with Crippen molar-refractivity contribution in [2.75, 3.05) is 0 Å². The average Bonchev–Trinajstić information content (AvgIpc) is 2.68. The highest BCUT2D eigenvalue weighted by molar-refractivity contribution is 5.06. The molecule has 2 rings (SSSR count). The summed E-state index contributed by atoms with van der Waals surface area (Å²) in [6, 6.07) is 0. The van der Waals surface area contributed by atoms with E-state index in [4.69, 9.17) is 0 Å². The summed E-state index contributed by atoms with van der Waals surface area (Å²) in [6.45, 7) is 7.27. The Morgan fingerprint density at radius 1 is 1.25 bits per heavy atom. The molecule has 0 N–H and O–H groups in total. The van der Waals surface area contributed by atoms with Gasteiger partial charge in [-0.05, 0) is 42.4 Å². The zero-order valence-corrected chi connectivity index (χ0v) is 8.51. The van der Waals surface area contributed by atoms with Crippen LogP contribution in [0.5, 0.6) is 0 Å². The highest BCUT2D eigenvalue weighted by Crippen LogP contribution is 2.52. The van der Waals surface area contributed by atoms with Gasteiger partial charge in [0.1, 0.15) is 0 Å². The first kappa shape index (κ1) is 8.34. The van der Waals surface area contributed by atoms with E-state index >= 15 is 0 Å². The van der Waals surface area contributed by atoms with E-state index in [1.165, 1.54) is 19.3 Å². The number of rotatable bonds is 1. The molecule has 1 saturated carbocycles. The Morgan fingerprint density at radius 2 is 1.92 bits per heavy atom. The van der Waals surface area contributed by atoms with Crippen molar-refractivity contribution >= 4 is 0 Å². The van der Waals surface area contributed by atoms with E-state index in [1.807, 2.05) is 0 Å². The van der Waals surface area contributed by atoms with Crippen LogP contribution >= 0.6 is 0 Å². The lowest BCUT2D eigenvalue weighted by Crippen LogP contribution is -2.32. The van der Waals surface area contributed by atoms with Crippen LogP contribution in [0.3, 0.4) is 0 Å². The van der Waals surface area contributed by atoms with Crippen LogP contribution < -0.4 is 0 Å². The zero-order valence-electron chi connectivity index (χ0n) is 8.51. The fraction of sp³-hybridized carbons (Fsp3) is 0.833. The maximum absolute atomic E-state index is 2.44.